The van der Waals surface area contributed by atoms with Gasteiger partial charge in [-0.05, 0) is 31.5 Å². The minimum absolute atomic E-state index is 0.245. The monoisotopic (exact) mass is 320 g/mol. The van der Waals surface area contributed by atoms with Crippen molar-refractivity contribution in [3.8, 4) is 0 Å². The van der Waals surface area contributed by atoms with Crippen LogP contribution in [0.2, 0.25) is 10.0 Å². The van der Waals surface area contributed by atoms with Crippen LogP contribution in [0.25, 0.3) is 0 Å². The number of carbonyl (C=O) groups excluding carboxylic acids is 1. The molecule has 20 heavy (non-hydrogen) atoms. The summed E-state index contributed by atoms with van der Waals surface area (Å²) in [5, 5.41) is 23.3. The first-order valence-corrected chi connectivity index (χ1v) is 6.42. The number of benzene rings is 1. The Hall–Kier alpha value is -1.50. The number of aliphatic carboxylic acids is 1. The number of halogens is 2. The molecule has 4 N–H and O–H groups in total. The standard InChI is InChI=1S/C12H14Cl2N2O4/c1-5-3-8(14)9(4-7(5)13)15-12(20)16-10(6(2)17)11(18)19/h3-4,6,10,17H,1-2H3,(H,18,19)(H2,15,16,20). The lowest BCUT2D eigenvalue weighted by atomic mass is 10.2. The van der Waals surface area contributed by atoms with E-state index in [1.807, 2.05) is 0 Å². The molecule has 2 unspecified atom stereocenters. The molecule has 0 bridgehead atoms. The second-order valence-corrected chi connectivity index (χ2v) is 5.05. The van der Waals surface area contributed by atoms with Crippen LogP contribution in [0, 0.1) is 6.92 Å². The van der Waals surface area contributed by atoms with Gasteiger partial charge in [-0.1, -0.05) is 23.2 Å². The molecule has 1 rings (SSSR count). The number of carbonyl (C=O) groups is 2. The van der Waals surface area contributed by atoms with Gasteiger partial charge in [-0.25, -0.2) is 9.59 Å². The molecule has 0 saturated carbocycles. The van der Waals surface area contributed by atoms with Crippen LogP contribution in [0.15, 0.2) is 12.1 Å². The number of anilines is 1. The summed E-state index contributed by atoms with van der Waals surface area (Å²) < 4.78 is 0. The lowest BCUT2D eigenvalue weighted by Crippen LogP contribution is -2.49. The number of rotatable bonds is 4. The number of hydrogen-bond donors (Lipinski definition) is 4. The predicted molar refractivity (Wildman–Crippen MR) is 76.5 cm³/mol. The van der Waals surface area contributed by atoms with Crippen LogP contribution < -0.4 is 10.6 Å². The highest BCUT2D eigenvalue weighted by Gasteiger charge is 2.25. The van der Waals surface area contributed by atoms with Gasteiger partial charge in [0.25, 0.3) is 0 Å². The van der Waals surface area contributed by atoms with Gasteiger partial charge in [0, 0.05) is 5.02 Å². The van der Waals surface area contributed by atoms with Crippen molar-refractivity contribution in [3.05, 3.63) is 27.7 Å². The number of carboxylic acids is 1. The summed E-state index contributed by atoms with van der Waals surface area (Å²) in [5.74, 6) is -1.34. The fraction of sp³-hybridized carbons (Fsp3) is 0.333. The summed E-state index contributed by atoms with van der Waals surface area (Å²) >= 11 is 11.9. The van der Waals surface area contributed by atoms with E-state index in [0.717, 1.165) is 5.56 Å². The maximum Gasteiger partial charge on any atom is 0.328 e. The first kappa shape index (κ1) is 16.6. The van der Waals surface area contributed by atoms with Crippen LogP contribution in [0.1, 0.15) is 12.5 Å². The number of nitrogens with one attached hydrogen (secondary N) is 2. The molecule has 0 radical (unpaired) electrons. The van der Waals surface area contributed by atoms with Crippen molar-refractivity contribution in [1.82, 2.24) is 5.32 Å². The summed E-state index contributed by atoms with van der Waals surface area (Å²) in [5.41, 5.74) is 0.990. The van der Waals surface area contributed by atoms with E-state index in [1.165, 1.54) is 13.0 Å². The summed E-state index contributed by atoms with van der Waals surface area (Å²) in [7, 11) is 0. The molecule has 6 nitrogen and oxygen atoms in total. The maximum absolute atomic E-state index is 11.7. The average molecular weight is 321 g/mol. The number of carboxylic acid groups (broad SMARTS) is 1. The Morgan fingerprint density at radius 2 is 1.85 bits per heavy atom. The third-order valence-corrected chi connectivity index (χ3v) is 3.25. The first-order valence-electron chi connectivity index (χ1n) is 5.66. The molecule has 0 aliphatic rings. The van der Waals surface area contributed by atoms with Crippen LogP contribution in [0.5, 0.6) is 0 Å². The van der Waals surface area contributed by atoms with Gasteiger partial charge in [0.1, 0.15) is 0 Å². The Labute approximate surface area is 125 Å². The molecule has 0 spiro atoms. The largest absolute Gasteiger partial charge is 0.480 e. The fourth-order valence-corrected chi connectivity index (χ4v) is 1.86. The molecule has 0 aliphatic heterocycles. The molecule has 110 valence electrons. The fourth-order valence-electron chi connectivity index (χ4n) is 1.43. The molecule has 1 aromatic carbocycles. The molecule has 0 aromatic heterocycles. The summed E-state index contributed by atoms with van der Waals surface area (Å²) in [4.78, 5) is 22.5. The van der Waals surface area contributed by atoms with E-state index in [1.54, 1.807) is 13.0 Å². The molecule has 0 fully saturated rings. The third-order valence-electron chi connectivity index (χ3n) is 2.53. The van der Waals surface area contributed by atoms with Crippen LogP contribution >= 0.6 is 23.2 Å². The predicted octanol–water partition coefficient (Wildman–Crippen LogP) is 2.26. The topological polar surface area (TPSA) is 98.7 Å². The van der Waals surface area contributed by atoms with Gasteiger partial charge in [-0.3, -0.25) is 0 Å². The van der Waals surface area contributed by atoms with Gasteiger partial charge in [-0.15, -0.1) is 0 Å². The quantitative estimate of drug-likeness (QED) is 0.683. The van der Waals surface area contributed by atoms with Gasteiger partial charge in [-0.2, -0.15) is 0 Å². The maximum atomic E-state index is 11.7. The highest BCUT2D eigenvalue weighted by molar-refractivity contribution is 6.36. The van der Waals surface area contributed by atoms with Crippen LogP contribution in [-0.4, -0.2) is 34.4 Å². The molecule has 0 saturated heterocycles. The van der Waals surface area contributed by atoms with Crippen LogP contribution in [0.4, 0.5) is 10.5 Å². The Kier molecular flexibility index (Phi) is 5.62. The van der Waals surface area contributed by atoms with E-state index in [4.69, 9.17) is 28.3 Å². The van der Waals surface area contributed by atoms with E-state index in [9.17, 15) is 14.7 Å². The Morgan fingerprint density at radius 1 is 1.25 bits per heavy atom. The van der Waals surface area contributed by atoms with Gasteiger partial charge in [0.05, 0.1) is 16.8 Å². The second-order valence-electron chi connectivity index (χ2n) is 4.24. The first-order chi connectivity index (χ1) is 9.22. The van der Waals surface area contributed by atoms with Gasteiger partial charge in [0.15, 0.2) is 6.04 Å². The molecule has 8 heteroatoms. The van der Waals surface area contributed by atoms with Gasteiger partial charge in [0.2, 0.25) is 0 Å². The second kappa shape index (κ2) is 6.78. The Balaban J connectivity index is 2.81. The number of hydrogen-bond acceptors (Lipinski definition) is 3. The highest BCUT2D eigenvalue weighted by Crippen LogP contribution is 2.28. The summed E-state index contributed by atoms with van der Waals surface area (Å²) in [6, 6.07) is 0.801. The molecule has 2 atom stereocenters. The van der Waals surface area contributed by atoms with Crippen molar-refractivity contribution in [2.75, 3.05) is 5.32 Å². The molecular weight excluding hydrogens is 307 g/mol. The molecule has 0 aliphatic carbocycles. The van der Waals surface area contributed by atoms with E-state index >= 15 is 0 Å². The number of aliphatic hydroxyl groups is 1. The van der Waals surface area contributed by atoms with E-state index in [-0.39, 0.29) is 10.7 Å². The van der Waals surface area contributed by atoms with Gasteiger partial charge < -0.3 is 20.8 Å². The highest BCUT2D eigenvalue weighted by atomic mass is 35.5. The zero-order chi connectivity index (χ0) is 15.4. The van der Waals surface area contributed by atoms with Crippen molar-refractivity contribution in [2.45, 2.75) is 26.0 Å². The van der Waals surface area contributed by atoms with E-state index < -0.39 is 24.1 Å². The van der Waals surface area contributed by atoms with E-state index in [0.29, 0.717) is 5.02 Å². The van der Waals surface area contributed by atoms with Crippen molar-refractivity contribution < 1.29 is 19.8 Å². The number of amides is 2. The average Bonchev–Trinajstić information content (AvgIpc) is 2.32. The lowest BCUT2D eigenvalue weighted by molar-refractivity contribution is -0.141. The number of aryl methyl sites for hydroxylation is 1. The molecular formula is C12H14Cl2N2O4. The molecule has 1 aromatic rings. The number of urea groups is 1. The lowest BCUT2D eigenvalue weighted by Gasteiger charge is -2.18. The SMILES string of the molecule is Cc1cc(Cl)c(NC(=O)NC(C(=O)O)C(C)O)cc1Cl. The Morgan fingerprint density at radius 3 is 2.35 bits per heavy atom. The van der Waals surface area contributed by atoms with Crippen LogP contribution in [0.3, 0.4) is 0 Å². The third kappa shape index (κ3) is 4.26. The van der Waals surface area contributed by atoms with Gasteiger partial charge >= 0.3 is 12.0 Å². The minimum Gasteiger partial charge on any atom is -0.480 e. The summed E-state index contributed by atoms with van der Waals surface area (Å²) in [6.45, 7) is 3.01. The summed E-state index contributed by atoms with van der Waals surface area (Å²) in [6.07, 6.45) is -1.24. The molecule has 0 heterocycles. The minimum atomic E-state index is -1.42. The number of aliphatic hydroxyl groups excluding tert-OH is 1. The zero-order valence-electron chi connectivity index (χ0n) is 10.8. The normalized spacial score (nSPS) is 13.4. The van der Waals surface area contributed by atoms with Crippen molar-refractivity contribution >= 4 is 40.9 Å². The van der Waals surface area contributed by atoms with Crippen LogP contribution in [-0.2, 0) is 4.79 Å². The smallest absolute Gasteiger partial charge is 0.328 e. The van der Waals surface area contributed by atoms with Crippen molar-refractivity contribution in [2.24, 2.45) is 0 Å². The van der Waals surface area contributed by atoms with E-state index in [2.05, 4.69) is 10.6 Å². The van der Waals surface area contributed by atoms with Crippen molar-refractivity contribution in [1.29, 1.82) is 0 Å². The zero-order valence-corrected chi connectivity index (χ0v) is 12.3. The molecule has 2 amide bonds. The van der Waals surface area contributed by atoms with Crippen molar-refractivity contribution in [3.63, 3.8) is 0 Å². The Bertz CT molecular complexity index is 534.